The first kappa shape index (κ1) is 16.3. The number of methoxy groups -OCH3 is 1. The molecule has 1 saturated carbocycles. The molecule has 0 aromatic heterocycles. The molecule has 1 aliphatic carbocycles. The van der Waals surface area contributed by atoms with Crippen LogP contribution in [-0.2, 0) is 6.54 Å². The quantitative estimate of drug-likeness (QED) is 0.874. The summed E-state index contributed by atoms with van der Waals surface area (Å²) in [6, 6.07) is 8.74. The third-order valence-corrected chi connectivity index (χ3v) is 4.94. The second kappa shape index (κ2) is 7.81. The SMILES string of the molecule is COc1ccccc1CN(C)C(CN)C1CCCC(C)C1. The molecule has 3 atom stereocenters. The molecule has 0 radical (unpaired) electrons. The number of para-hydroxylation sites is 1. The van der Waals surface area contributed by atoms with E-state index < -0.39 is 0 Å². The van der Waals surface area contributed by atoms with E-state index in [1.807, 2.05) is 12.1 Å². The molecular formula is C18H30N2O. The summed E-state index contributed by atoms with van der Waals surface area (Å²) in [5, 5.41) is 0. The van der Waals surface area contributed by atoms with Gasteiger partial charge in [-0.1, -0.05) is 38.0 Å². The van der Waals surface area contributed by atoms with Gasteiger partial charge in [0.2, 0.25) is 0 Å². The molecule has 1 aliphatic rings. The lowest BCUT2D eigenvalue weighted by Gasteiger charge is -2.38. The number of hydrogen-bond acceptors (Lipinski definition) is 3. The number of rotatable bonds is 6. The Morgan fingerprint density at radius 2 is 2.10 bits per heavy atom. The van der Waals surface area contributed by atoms with Gasteiger partial charge in [-0.15, -0.1) is 0 Å². The summed E-state index contributed by atoms with van der Waals surface area (Å²) in [5.41, 5.74) is 7.34. The Morgan fingerprint density at radius 1 is 1.33 bits per heavy atom. The minimum atomic E-state index is 0.470. The van der Waals surface area contributed by atoms with Gasteiger partial charge in [0.05, 0.1) is 7.11 Å². The zero-order chi connectivity index (χ0) is 15.2. The smallest absolute Gasteiger partial charge is 0.123 e. The van der Waals surface area contributed by atoms with Crippen molar-refractivity contribution in [2.45, 2.75) is 45.2 Å². The van der Waals surface area contributed by atoms with Crippen molar-refractivity contribution < 1.29 is 4.74 Å². The molecule has 2 rings (SSSR count). The molecule has 1 fully saturated rings. The number of ether oxygens (including phenoxy) is 1. The van der Waals surface area contributed by atoms with Crippen LogP contribution in [0.3, 0.4) is 0 Å². The molecule has 0 heterocycles. The van der Waals surface area contributed by atoms with Crippen LogP contribution in [-0.4, -0.2) is 31.6 Å². The van der Waals surface area contributed by atoms with Crippen molar-refractivity contribution >= 4 is 0 Å². The van der Waals surface area contributed by atoms with E-state index in [-0.39, 0.29) is 0 Å². The van der Waals surface area contributed by atoms with Crippen LogP contribution < -0.4 is 10.5 Å². The number of nitrogens with zero attached hydrogens (tertiary/aromatic N) is 1. The second-order valence-electron chi connectivity index (χ2n) is 6.56. The first-order chi connectivity index (χ1) is 10.2. The van der Waals surface area contributed by atoms with Crippen LogP contribution in [0.5, 0.6) is 5.75 Å². The molecule has 3 unspecified atom stereocenters. The largest absolute Gasteiger partial charge is 0.496 e. The van der Waals surface area contributed by atoms with Gasteiger partial charge in [0.1, 0.15) is 5.75 Å². The molecule has 0 saturated heterocycles. The third kappa shape index (κ3) is 4.21. The van der Waals surface area contributed by atoms with Crippen LogP contribution in [0.2, 0.25) is 0 Å². The standard InChI is InChI=1S/C18H30N2O/c1-14-7-6-9-15(11-14)17(12-19)20(2)13-16-8-4-5-10-18(16)21-3/h4-5,8,10,14-15,17H,6-7,9,11-13,19H2,1-3H3. The Kier molecular flexibility index (Phi) is 6.07. The fourth-order valence-electron chi connectivity index (χ4n) is 3.78. The average Bonchev–Trinajstić information content (AvgIpc) is 2.48. The van der Waals surface area contributed by atoms with Crippen LogP contribution in [0.15, 0.2) is 24.3 Å². The molecule has 1 aromatic carbocycles. The number of benzene rings is 1. The Morgan fingerprint density at radius 3 is 2.76 bits per heavy atom. The highest BCUT2D eigenvalue weighted by atomic mass is 16.5. The monoisotopic (exact) mass is 290 g/mol. The summed E-state index contributed by atoms with van der Waals surface area (Å²) in [5.74, 6) is 2.55. The van der Waals surface area contributed by atoms with Crippen molar-refractivity contribution in [2.75, 3.05) is 20.7 Å². The lowest BCUT2D eigenvalue weighted by molar-refractivity contribution is 0.124. The first-order valence-electron chi connectivity index (χ1n) is 8.18. The van der Waals surface area contributed by atoms with E-state index in [0.29, 0.717) is 6.04 Å². The van der Waals surface area contributed by atoms with Crippen molar-refractivity contribution in [3.05, 3.63) is 29.8 Å². The van der Waals surface area contributed by atoms with Crippen molar-refractivity contribution in [3.8, 4) is 5.75 Å². The third-order valence-electron chi connectivity index (χ3n) is 4.94. The lowest BCUT2D eigenvalue weighted by Crippen LogP contribution is -2.44. The van der Waals surface area contributed by atoms with Crippen LogP contribution in [0, 0.1) is 11.8 Å². The van der Waals surface area contributed by atoms with Gasteiger partial charge < -0.3 is 10.5 Å². The second-order valence-corrected chi connectivity index (χ2v) is 6.56. The summed E-state index contributed by atoms with van der Waals surface area (Å²) in [6.07, 6.45) is 5.37. The summed E-state index contributed by atoms with van der Waals surface area (Å²) in [6.45, 7) is 4.01. The van der Waals surface area contributed by atoms with Gasteiger partial charge in [0.15, 0.2) is 0 Å². The maximum absolute atomic E-state index is 6.10. The summed E-state index contributed by atoms with van der Waals surface area (Å²) in [7, 11) is 3.94. The van der Waals surface area contributed by atoms with Crippen molar-refractivity contribution in [1.29, 1.82) is 0 Å². The van der Waals surface area contributed by atoms with E-state index in [2.05, 4.69) is 31.0 Å². The molecular weight excluding hydrogens is 260 g/mol. The number of hydrogen-bond donors (Lipinski definition) is 1. The van der Waals surface area contributed by atoms with Gasteiger partial charge in [-0.3, -0.25) is 4.90 Å². The Balaban J connectivity index is 2.04. The zero-order valence-corrected chi connectivity index (χ0v) is 13.7. The first-order valence-corrected chi connectivity index (χ1v) is 8.18. The Hall–Kier alpha value is -1.06. The van der Waals surface area contributed by atoms with Crippen molar-refractivity contribution in [1.82, 2.24) is 4.90 Å². The van der Waals surface area contributed by atoms with Gasteiger partial charge in [0.25, 0.3) is 0 Å². The molecule has 0 spiro atoms. The minimum Gasteiger partial charge on any atom is -0.496 e. The molecule has 3 heteroatoms. The van der Waals surface area contributed by atoms with Gasteiger partial charge >= 0.3 is 0 Å². The van der Waals surface area contributed by atoms with E-state index in [1.165, 1.54) is 31.2 Å². The molecule has 3 nitrogen and oxygen atoms in total. The summed E-state index contributed by atoms with van der Waals surface area (Å²) < 4.78 is 5.46. The van der Waals surface area contributed by atoms with E-state index in [4.69, 9.17) is 10.5 Å². The molecule has 1 aromatic rings. The van der Waals surface area contributed by atoms with Gasteiger partial charge in [-0.05, 0) is 37.8 Å². The number of likely N-dealkylation sites (N-methyl/N-ethyl adjacent to an activating group) is 1. The summed E-state index contributed by atoms with van der Waals surface area (Å²) >= 11 is 0. The molecule has 118 valence electrons. The molecule has 21 heavy (non-hydrogen) atoms. The van der Waals surface area contributed by atoms with Gasteiger partial charge in [0, 0.05) is 24.7 Å². The average molecular weight is 290 g/mol. The molecule has 0 amide bonds. The molecule has 2 N–H and O–H groups in total. The predicted molar refractivity (Wildman–Crippen MR) is 88.4 cm³/mol. The van der Waals surface area contributed by atoms with Crippen LogP contribution in [0.25, 0.3) is 0 Å². The van der Waals surface area contributed by atoms with E-state index in [9.17, 15) is 0 Å². The van der Waals surface area contributed by atoms with Crippen molar-refractivity contribution in [2.24, 2.45) is 17.6 Å². The normalized spacial score (nSPS) is 24.0. The highest BCUT2D eigenvalue weighted by Gasteiger charge is 2.28. The maximum Gasteiger partial charge on any atom is 0.123 e. The fraction of sp³-hybridized carbons (Fsp3) is 0.667. The molecule has 0 bridgehead atoms. The fourth-order valence-corrected chi connectivity index (χ4v) is 3.78. The lowest BCUT2D eigenvalue weighted by atomic mass is 9.78. The molecule has 0 aliphatic heterocycles. The Labute approximate surface area is 129 Å². The number of nitrogens with two attached hydrogens (primary N) is 1. The van der Waals surface area contributed by atoms with E-state index in [0.717, 1.165) is 30.7 Å². The zero-order valence-electron chi connectivity index (χ0n) is 13.7. The van der Waals surface area contributed by atoms with Crippen LogP contribution in [0.4, 0.5) is 0 Å². The maximum atomic E-state index is 6.10. The van der Waals surface area contributed by atoms with Crippen molar-refractivity contribution in [3.63, 3.8) is 0 Å². The highest BCUT2D eigenvalue weighted by molar-refractivity contribution is 5.33. The van der Waals surface area contributed by atoms with Gasteiger partial charge in [-0.25, -0.2) is 0 Å². The highest BCUT2D eigenvalue weighted by Crippen LogP contribution is 2.33. The minimum absolute atomic E-state index is 0.470. The summed E-state index contributed by atoms with van der Waals surface area (Å²) in [4.78, 5) is 2.42. The Bertz CT molecular complexity index is 435. The van der Waals surface area contributed by atoms with E-state index in [1.54, 1.807) is 7.11 Å². The van der Waals surface area contributed by atoms with Crippen LogP contribution >= 0.6 is 0 Å². The predicted octanol–water partition coefficient (Wildman–Crippen LogP) is 3.28. The topological polar surface area (TPSA) is 38.5 Å². The van der Waals surface area contributed by atoms with E-state index >= 15 is 0 Å². The van der Waals surface area contributed by atoms with Gasteiger partial charge in [-0.2, -0.15) is 0 Å². The van der Waals surface area contributed by atoms with Crippen LogP contribution in [0.1, 0.15) is 38.2 Å².